The molecule has 3 nitrogen and oxygen atoms in total. The summed E-state index contributed by atoms with van der Waals surface area (Å²) in [4.78, 5) is 5.07. The van der Waals surface area contributed by atoms with E-state index in [1.54, 1.807) is 12.1 Å². The van der Waals surface area contributed by atoms with E-state index < -0.39 is 0 Å². The number of hydrogen-bond acceptors (Lipinski definition) is 3. The number of aromatic hydroxyl groups is 1. The van der Waals surface area contributed by atoms with Crippen LogP contribution in [0.15, 0.2) is 24.3 Å². The number of nitrogens with zero attached hydrogens (tertiary/aromatic N) is 2. The van der Waals surface area contributed by atoms with E-state index in [1.165, 1.54) is 25.1 Å². The molecule has 1 heterocycles. The number of hydrogen-bond donors (Lipinski definition) is 1. The van der Waals surface area contributed by atoms with Crippen molar-refractivity contribution in [1.82, 2.24) is 9.80 Å². The molecule has 0 amide bonds. The largest absolute Gasteiger partial charge is 0.508 e. The van der Waals surface area contributed by atoms with Gasteiger partial charge in [0.1, 0.15) is 5.75 Å². The molecule has 1 N–H and O–H groups in total. The fourth-order valence-electron chi connectivity index (χ4n) is 2.91. The van der Waals surface area contributed by atoms with Crippen molar-refractivity contribution >= 4 is 0 Å². The van der Waals surface area contributed by atoms with E-state index in [2.05, 4.69) is 30.7 Å². The molecule has 0 aromatic heterocycles. The van der Waals surface area contributed by atoms with Crippen molar-refractivity contribution in [2.75, 3.05) is 26.7 Å². The minimum Gasteiger partial charge on any atom is -0.508 e. The summed E-state index contributed by atoms with van der Waals surface area (Å²) in [5.41, 5.74) is 1.30. The molecule has 0 bridgehead atoms. The van der Waals surface area contributed by atoms with Crippen molar-refractivity contribution in [1.29, 1.82) is 0 Å². The first-order valence-corrected chi connectivity index (χ1v) is 7.32. The van der Waals surface area contributed by atoms with E-state index >= 15 is 0 Å². The van der Waals surface area contributed by atoms with Crippen LogP contribution in [-0.4, -0.2) is 53.7 Å². The quantitative estimate of drug-likeness (QED) is 0.902. The lowest BCUT2D eigenvalue weighted by Crippen LogP contribution is -2.54. The van der Waals surface area contributed by atoms with Gasteiger partial charge < -0.3 is 10.0 Å². The molecule has 0 radical (unpaired) electrons. The number of rotatable bonds is 4. The lowest BCUT2D eigenvalue weighted by atomic mass is 10.0. The molecular weight excluding hydrogens is 236 g/mol. The Morgan fingerprint density at radius 2 is 1.95 bits per heavy atom. The Hall–Kier alpha value is -1.06. The van der Waals surface area contributed by atoms with Crippen molar-refractivity contribution in [2.45, 2.75) is 38.8 Å². The summed E-state index contributed by atoms with van der Waals surface area (Å²) in [6.45, 7) is 8.08. The molecule has 0 spiro atoms. The standard InChI is InChI=1S/C16H26N2O/c1-4-15-12-18(10-9-17(15)3)13(2)11-14-5-7-16(19)8-6-14/h5-8,13,15,19H,4,9-12H2,1-3H3. The Kier molecular flexibility index (Phi) is 4.83. The highest BCUT2D eigenvalue weighted by Gasteiger charge is 2.25. The molecule has 106 valence electrons. The average molecular weight is 262 g/mol. The Labute approximate surface area is 116 Å². The van der Waals surface area contributed by atoms with Crippen LogP contribution in [0.25, 0.3) is 0 Å². The van der Waals surface area contributed by atoms with Crippen LogP contribution in [0.3, 0.4) is 0 Å². The smallest absolute Gasteiger partial charge is 0.115 e. The van der Waals surface area contributed by atoms with Gasteiger partial charge in [0, 0.05) is 31.7 Å². The van der Waals surface area contributed by atoms with Gasteiger partial charge in [-0.3, -0.25) is 4.90 Å². The normalized spacial score (nSPS) is 23.4. The molecule has 1 aromatic carbocycles. The van der Waals surface area contributed by atoms with Gasteiger partial charge in [0.15, 0.2) is 0 Å². The molecule has 1 aromatic rings. The van der Waals surface area contributed by atoms with Crippen LogP contribution in [0.4, 0.5) is 0 Å². The second-order valence-electron chi connectivity index (χ2n) is 5.76. The summed E-state index contributed by atoms with van der Waals surface area (Å²) in [5, 5.41) is 9.32. The lowest BCUT2D eigenvalue weighted by molar-refractivity contribution is 0.0677. The van der Waals surface area contributed by atoms with Crippen molar-refractivity contribution in [3.8, 4) is 5.75 Å². The van der Waals surface area contributed by atoms with E-state index in [4.69, 9.17) is 0 Å². The molecule has 0 saturated carbocycles. The van der Waals surface area contributed by atoms with E-state index in [-0.39, 0.29) is 0 Å². The Morgan fingerprint density at radius 1 is 1.26 bits per heavy atom. The first kappa shape index (κ1) is 14.4. The van der Waals surface area contributed by atoms with Gasteiger partial charge in [-0.15, -0.1) is 0 Å². The summed E-state index contributed by atoms with van der Waals surface area (Å²) >= 11 is 0. The molecule has 0 aliphatic carbocycles. The molecule has 1 aliphatic heterocycles. The second kappa shape index (κ2) is 6.40. The zero-order valence-electron chi connectivity index (χ0n) is 12.3. The Morgan fingerprint density at radius 3 is 2.58 bits per heavy atom. The fraction of sp³-hybridized carbons (Fsp3) is 0.625. The summed E-state index contributed by atoms with van der Waals surface area (Å²) in [6.07, 6.45) is 2.28. The summed E-state index contributed by atoms with van der Waals surface area (Å²) in [6, 6.07) is 8.86. The highest BCUT2D eigenvalue weighted by atomic mass is 16.3. The van der Waals surface area contributed by atoms with Gasteiger partial charge in [-0.1, -0.05) is 19.1 Å². The van der Waals surface area contributed by atoms with Gasteiger partial charge in [0.05, 0.1) is 0 Å². The van der Waals surface area contributed by atoms with Crippen LogP contribution in [-0.2, 0) is 6.42 Å². The second-order valence-corrected chi connectivity index (χ2v) is 5.76. The van der Waals surface area contributed by atoms with E-state index in [1.807, 2.05) is 12.1 Å². The molecule has 2 atom stereocenters. The topological polar surface area (TPSA) is 26.7 Å². The number of phenolic OH excluding ortho intramolecular Hbond substituents is 1. The zero-order chi connectivity index (χ0) is 13.8. The van der Waals surface area contributed by atoms with Crippen LogP contribution in [0.5, 0.6) is 5.75 Å². The lowest BCUT2D eigenvalue weighted by Gasteiger charge is -2.42. The van der Waals surface area contributed by atoms with E-state index in [0.717, 1.165) is 13.0 Å². The van der Waals surface area contributed by atoms with Crippen LogP contribution < -0.4 is 0 Å². The number of benzene rings is 1. The third-order valence-corrected chi connectivity index (χ3v) is 4.37. The average Bonchev–Trinajstić information content (AvgIpc) is 2.42. The molecule has 2 rings (SSSR count). The first-order valence-electron chi connectivity index (χ1n) is 7.32. The van der Waals surface area contributed by atoms with Gasteiger partial charge in [0.25, 0.3) is 0 Å². The fourth-order valence-corrected chi connectivity index (χ4v) is 2.91. The first-order chi connectivity index (χ1) is 9.10. The maximum absolute atomic E-state index is 9.32. The highest BCUT2D eigenvalue weighted by molar-refractivity contribution is 5.26. The third-order valence-electron chi connectivity index (χ3n) is 4.37. The predicted octanol–water partition coefficient (Wildman–Crippen LogP) is 2.35. The zero-order valence-corrected chi connectivity index (χ0v) is 12.3. The van der Waals surface area contributed by atoms with Crippen LogP contribution in [0.2, 0.25) is 0 Å². The van der Waals surface area contributed by atoms with Gasteiger partial charge in [0.2, 0.25) is 0 Å². The minimum atomic E-state index is 0.349. The van der Waals surface area contributed by atoms with Gasteiger partial charge in [-0.2, -0.15) is 0 Å². The van der Waals surface area contributed by atoms with Gasteiger partial charge >= 0.3 is 0 Å². The summed E-state index contributed by atoms with van der Waals surface area (Å²) in [7, 11) is 2.23. The van der Waals surface area contributed by atoms with Crippen LogP contribution in [0, 0.1) is 0 Å². The summed E-state index contributed by atoms with van der Waals surface area (Å²) in [5.74, 6) is 0.349. The Bertz CT molecular complexity index is 390. The molecule has 2 unspecified atom stereocenters. The third kappa shape index (κ3) is 3.71. The van der Waals surface area contributed by atoms with Crippen molar-refractivity contribution in [3.05, 3.63) is 29.8 Å². The van der Waals surface area contributed by atoms with Gasteiger partial charge in [-0.25, -0.2) is 0 Å². The molecule has 1 aliphatic rings. The maximum atomic E-state index is 9.32. The van der Waals surface area contributed by atoms with Crippen LogP contribution in [0.1, 0.15) is 25.8 Å². The van der Waals surface area contributed by atoms with Crippen molar-refractivity contribution in [3.63, 3.8) is 0 Å². The Balaban J connectivity index is 1.92. The number of piperazine rings is 1. The number of phenols is 1. The van der Waals surface area contributed by atoms with E-state index in [9.17, 15) is 5.11 Å². The summed E-state index contributed by atoms with van der Waals surface area (Å²) < 4.78 is 0. The number of likely N-dealkylation sites (N-methyl/N-ethyl adjacent to an activating group) is 1. The SMILES string of the molecule is CCC1CN(C(C)Cc2ccc(O)cc2)CCN1C. The van der Waals surface area contributed by atoms with Crippen molar-refractivity contribution in [2.24, 2.45) is 0 Å². The monoisotopic (exact) mass is 262 g/mol. The molecule has 19 heavy (non-hydrogen) atoms. The predicted molar refractivity (Wildman–Crippen MR) is 79.6 cm³/mol. The van der Waals surface area contributed by atoms with Crippen molar-refractivity contribution < 1.29 is 5.11 Å². The van der Waals surface area contributed by atoms with E-state index in [0.29, 0.717) is 17.8 Å². The molecular formula is C16H26N2O. The molecule has 1 fully saturated rings. The highest BCUT2D eigenvalue weighted by Crippen LogP contribution is 2.17. The van der Waals surface area contributed by atoms with Gasteiger partial charge in [-0.05, 0) is 44.5 Å². The molecule has 3 heteroatoms. The van der Waals surface area contributed by atoms with Crippen LogP contribution >= 0.6 is 0 Å². The minimum absolute atomic E-state index is 0.349. The molecule has 1 saturated heterocycles. The maximum Gasteiger partial charge on any atom is 0.115 e.